The van der Waals surface area contributed by atoms with Crippen LogP contribution in [-0.4, -0.2) is 30.2 Å². The third-order valence-electron chi connectivity index (χ3n) is 3.70. The molecule has 7 nitrogen and oxygen atoms in total. The maximum Gasteiger partial charge on any atom is 0.306 e. The number of halogens is 2. The van der Waals surface area contributed by atoms with Crippen molar-refractivity contribution in [2.45, 2.75) is 19.8 Å². The standard InChI is InChI=1S/C20H18Cl2N2O5/c1-12(25)13-2-5-15(6-3-13)23-18(26)8-9-20(28)29-11-19(27)24-17-10-14(21)4-7-16(17)22/h2-7,10H,8-9,11H2,1H3,(H,23,26)(H,24,27). The number of hydrogen-bond acceptors (Lipinski definition) is 5. The summed E-state index contributed by atoms with van der Waals surface area (Å²) in [7, 11) is 0. The third-order valence-corrected chi connectivity index (χ3v) is 4.26. The van der Waals surface area contributed by atoms with Gasteiger partial charge in [0.25, 0.3) is 5.91 Å². The lowest BCUT2D eigenvalue weighted by Crippen LogP contribution is -2.22. The first kappa shape index (κ1) is 22.4. The molecule has 0 aliphatic heterocycles. The SMILES string of the molecule is CC(=O)c1ccc(NC(=O)CCC(=O)OCC(=O)Nc2cc(Cl)ccc2Cl)cc1. The van der Waals surface area contributed by atoms with Crippen molar-refractivity contribution < 1.29 is 23.9 Å². The molecule has 0 bridgehead atoms. The van der Waals surface area contributed by atoms with E-state index in [2.05, 4.69) is 10.6 Å². The fraction of sp³-hybridized carbons (Fsp3) is 0.200. The maximum atomic E-state index is 11.9. The Hall–Kier alpha value is -2.90. The Morgan fingerprint density at radius 2 is 1.59 bits per heavy atom. The highest BCUT2D eigenvalue weighted by atomic mass is 35.5. The molecule has 0 spiro atoms. The second-order valence-corrected chi connectivity index (χ2v) is 6.86. The molecule has 0 radical (unpaired) electrons. The van der Waals surface area contributed by atoms with Crippen LogP contribution in [-0.2, 0) is 19.1 Å². The van der Waals surface area contributed by atoms with Crippen molar-refractivity contribution in [1.82, 2.24) is 0 Å². The summed E-state index contributed by atoms with van der Waals surface area (Å²) in [6, 6.07) is 10.9. The molecule has 29 heavy (non-hydrogen) atoms. The molecule has 2 amide bonds. The molecule has 2 aromatic carbocycles. The van der Waals surface area contributed by atoms with Gasteiger partial charge in [0.2, 0.25) is 5.91 Å². The zero-order valence-electron chi connectivity index (χ0n) is 15.5. The van der Waals surface area contributed by atoms with E-state index in [1.165, 1.54) is 19.1 Å². The summed E-state index contributed by atoms with van der Waals surface area (Å²) in [5.41, 5.74) is 1.34. The van der Waals surface area contributed by atoms with E-state index in [1.54, 1.807) is 30.3 Å². The Morgan fingerprint density at radius 1 is 0.897 bits per heavy atom. The van der Waals surface area contributed by atoms with Crippen molar-refractivity contribution in [2.24, 2.45) is 0 Å². The van der Waals surface area contributed by atoms with Gasteiger partial charge in [-0.15, -0.1) is 0 Å². The highest BCUT2D eigenvalue weighted by Crippen LogP contribution is 2.25. The number of nitrogens with one attached hydrogen (secondary N) is 2. The van der Waals surface area contributed by atoms with E-state index in [0.29, 0.717) is 27.0 Å². The summed E-state index contributed by atoms with van der Waals surface area (Å²) < 4.78 is 4.84. The van der Waals surface area contributed by atoms with Crippen LogP contribution >= 0.6 is 23.2 Å². The van der Waals surface area contributed by atoms with Crippen molar-refractivity contribution in [3.05, 3.63) is 58.1 Å². The van der Waals surface area contributed by atoms with Gasteiger partial charge in [-0.1, -0.05) is 23.2 Å². The summed E-state index contributed by atoms with van der Waals surface area (Å²) in [6.07, 6.45) is -0.308. The topological polar surface area (TPSA) is 102 Å². The third kappa shape index (κ3) is 7.56. The first-order chi connectivity index (χ1) is 13.7. The number of rotatable bonds is 8. The van der Waals surface area contributed by atoms with E-state index in [-0.39, 0.29) is 18.6 Å². The zero-order chi connectivity index (χ0) is 21.4. The first-order valence-corrected chi connectivity index (χ1v) is 9.31. The molecule has 0 fully saturated rings. The average Bonchev–Trinajstić information content (AvgIpc) is 2.68. The first-order valence-electron chi connectivity index (χ1n) is 8.56. The fourth-order valence-electron chi connectivity index (χ4n) is 2.23. The Labute approximate surface area is 177 Å². The minimum atomic E-state index is -0.695. The minimum absolute atomic E-state index is 0.0766. The van der Waals surface area contributed by atoms with Gasteiger partial charge in [-0.3, -0.25) is 19.2 Å². The maximum absolute atomic E-state index is 11.9. The van der Waals surface area contributed by atoms with Crippen LogP contribution in [0.25, 0.3) is 0 Å². The van der Waals surface area contributed by atoms with Gasteiger partial charge in [-0.05, 0) is 49.4 Å². The van der Waals surface area contributed by atoms with Crippen LogP contribution in [0.3, 0.4) is 0 Å². The van der Waals surface area contributed by atoms with Gasteiger partial charge in [0.15, 0.2) is 12.4 Å². The second-order valence-electron chi connectivity index (χ2n) is 6.01. The van der Waals surface area contributed by atoms with E-state index >= 15 is 0 Å². The number of benzene rings is 2. The van der Waals surface area contributed by atoms with Crippen molar-refractivity contribution in [1.29, 1.82) is 0 Å². The number of carbonyl (C=O) groups is 4. The van der Waals surface area contributed by atoms with Crippen LogP contribution in [0.5, 0.6) is 0 Å². The second kappa shape index (κ2) is 10.6. The molecule has 0 aliphatic rings. The van der Waals surface area contributed by atoms with E-state index < -0.39 is 24.4 Å². The lowest BCUT2D eigenvalue weighted by atomic mass is 10.1. The Kier molecular flexibility index (Phi) is 8.18. The van der Waals surface area contributed by atoms with Crippen LogP contribution in [0, 0.1) is 0 Å². The predicted molar refractivity (Wildman–Crippen MR) is 110 cm³/mol. The molecule has 2 aromatic rings. The molecule has 152 valence electrons. The number of esters is 1. The smallest absolute Gasteiger partial charge is 0.306 e. The van der Waals surface area contributed by atoms with Crippen LogP contribution in [0.2, 0.25) is 10.0 Å². The van der Waals surface area contributed by atoms with Crippen molar-refractivity contribution in [3.63, 3.8) is 0 Å². The number of amides is 2. The number of Topliss-reactive ketones (excluding diaryl/α,β-unsaturated/α-hetero) is 1. The van der Waals surface area contributed by atoms with Gasteiger partial charge in [0, 0.05) is 22.7 Å². The molecular formula is C20H18Cl2N2O5. The van der Waals surface area contributed by atoms with E-state index in [1.807, 2.05) is 0 Å². The molecule has 0 atom stereocenters. The molecule has 0 unspecified atom stereocenters. The van der Waals surface area contributed by atoms with Crippen LogP contribution in [0.15, 0.2) is 42.5 Å². The molecule has 0 saturated heterocycles. The predicted octanol–water partition coefficient (Wildman–Crippen LogP) is 4.10. The van der Waals surface area contributed by atoms with E-state index in [4.69, 9.17) is 27.9 Å². The summed E-state index contributed by atoms with van der Waals surface area (Å²) in [4.78, 5) is 46.7. The van der Waals surface area contributed by atoms with Crippen molar-refractivity contribution >= 4 is 58.1 Å². The van der Waals surface area contributed by atoms with Crippen molar-refractivity contribution in [2.75, 3.05) is 17.2 Å². The fourth-order valence-corrected chi connectivity index (χ4v) is 2.56. The summed E-state index contributed by atoms with van der Waals surface area (Å²) in [5.74, 6) is -1.75. The van der Waals surface area contributed by atoms with Crippen molar-refractivity contribution in [3.8, 4) is 0 Å². The normalized spacial score (nSPS) is 10.2. The van der Waals surface area contributed by atoms with E-state index in [0.717, 1.165) is 0 Å². The molecule has 0 aromatic heterocycles. The Morgan fingerprint density at radius 3 is 2.24 bits per heavy atom. The largest absolute Gasteiger partial charge is 0.456 e. The van der Waals surface area contributed by atoms with Gasteiger partial charge in [-0.2, -0.15) is 0 Å². The van der Waals surface area contributed by atoms with E-state index in [9.17, 15) is 19.2 Å². The lowest BCUT2D eigenvalue weighted by Gasteiger charge is -2.09. The van der Waals surface area contributed by atoms with Gasteiger partial charge in [0.05, 0.1) is 17.1 Å². The molecule has 2 N–H and O–H groups in total. The molecule has 0 saturated carbocycles. The van der Waals surface area contributed by atoms with Crippen LogP contribution < -0.4 is 10.6 Å². The summed E-state index contributed by atoms with van der Waals surface area (Å²) in [5, 5.41) is 5.77. The highest BCUT2D eigenvalue weighted by Gasteiger charge is 2.12. The number of hydrogen-bond donors (Lipinski definition) is 2. The number of ether oxygens (including phenoxy) is 1. The molecule has 0 heterocycles. The van der Waals surface area contributed by atoms with Gasteiger partial charge in [0.1, 0.15) is 0 Å². The number of ketones is 1. The Balaban J connectivity index is 1.72. The van der Waals surface area contributed by atoms with Gasteiger partial charge < -0.3 is 15.4 Å². The molecule has 2 rings (SSSR count). The van der Waals surface area contributed by atoms with Gasteiger partial charge >= 0.3 is 5.97 Å². The minimum Gasteiger partial charge on any atom is -0.456 e. The molecular weight excluding hydrogens is 419 g/mol. The quantitative estimate of drug-likeness (QED) is 0.479. The summed E-state index contributed by atoms with van der Waals surface area (Å²) in [6.45, 7) is 0.929. The number of carbonyl (C=O) groups excluding carboxylic acids is 4. The van der Waals surface area contributed by atoms with Crippen LogP contribution in [0.1, 0.15) is 30.1 Å². The molecule has 0 aliphatic carbocycles. The van der Waals surface area contributed by atoms with Crippen LogP contribution in [0.4, 0.5) is 11.4 Å². The Bertz CT molecular complexity index is 929. The summed E-state index contributed by atoms with van der Waals surface area (Å²) >= 11 is 11.8. The van der Waals surface area contributed by atoms with Gasteiger partial charge in [-0.25, -0.2) is 0 Å². The monoisotopic (exact) mass is 436 g/mol. The highest BCUT2D eigenvalue weighted by molar-refractivity contribution is 6.35. The lowest BCUT2D eigenvalue weighted by molar-refractivity contribution is -0.147. The average molecular weight is 437 g/mol. The number of anilines is 2. The molecule has 9 heteroatoms. The zero-order valence-corrected chi connectivity index (χ0v) is 17.0.